The number of rotatable bonds is 4. The van der Waals surface area contributed by atoms with E-state index in [4.69, 9.17) is 4.52 Å². The lowest BCUT2D eigenvalue weighted by Crippen LogP contribution is -2.39. The van der Waals surface area contributed by atoms with Crippen molar-refractivity contribution in [1.82, 2.24) is 20.0 Å². The Morgan fingerprint density at radius 3 is 2.93 bits per heavy atom. The highest BCUT2D eigenvalue weighted by Gasteiger charge is 2.34. The molecule has 1 aromatic carbocycles. The van der Waals surface area contributed by atoms with E-state index >= 15 is 0 Å². The summed E-state index contributed by atoms with van der Waals surface area (Å²) in [5.74, 6) is 1.18. The SMILES string of the molecule is O=C(CN1CCCC1c1nc(-c2ccccn2)no1)N1CCc2ccccc21. The number of hydrogen-bond acceptors (Lipinski definition) is 6. The lowest BCUT2D eigenvalue weighted by atomic mass is 10.2. The maximum atomic E-state index is 13.0. The van der Waals surface area contributed by atoms with Crippen molar-refractivity contribution in [2.24, 2.45) is 0 Å². The highest BCUT2D eigenvalue weighted by atomic mass is 16.5. The molecule has 0 saturated carbocycles. The first kappa shape index (κ1) is 17.1. The summed E-state index contributed by atoms with van der Waals surface area (Å²) in [7, 11) is 0. The van der Waals surface area contributed by atoms with Crippen LogP contribution in [0, 0.1) is 0 Å². The predicted octanol–water partition coefficient (Wildman–Crippen LogP) is 2.86. The third-order valence-electron chi connectivity index (χ3n) is 5.51. The Bertz CT molecular complexity index is 987. The van der Waals surface area contributed by atoms with E-state index in [2.05, 4.69) is 26.1 Å². The molecule has 3 aromatic rings. The molecular weight excluding hydrogens is 354 g/mol. The number of aromatic nitrogens is 3. The molecule has 4 heterocycles. The first-order valence-electron chi connectivity index (χ1n) is 9.67. The number of likely N-dealkylation sites (tertiary alicyclic amines) is 1. The third kappa shape index (κ3) is 3.07. The molecule has 1 saturated heterocycles. The molecule has 7 heteroatoms. The van der Waals surface area contributed by atoms with Crippen molar-refractivity contribution < 1.29 is 9.32 Å². The number of anilines is 1. The molecule has 1 amide bonds. The van der Waals surface area contributed by atoms with Gasteiger partial charge in [-0.3, -0.25) is 14.7 Å². The Hall–Kier alpha value is -3.06. The van der Waals surface area contributed by atoms with Crippen LogP contribution in [0.3, 0.4) is 0 Å². The van der Waals surface area contributed by atoms with E-state index in [1.807, 2.05) is 41.3 Å². The van der Waals surface area contributed by atoms with Crippen molar-refractivity contribution in [3.63, 3.8) is 0 Å². The van der Waals surface area contributed by atoms with Crippen LogP contribution in [0.25, 0.3) is 11.5 Å². The summed E-state index contributed by atoms with van der Waals surface area (Å²) in [4.78, 5) is 25.8. The number of amides is 1. The molecule has 0 spiro atoms. The van der Waals surface area contributed by atoms with E-state index in [1.165, 1.54) is 5.56 Å². The van der Waals surface area contributed by atoms with Crippen LogP contribution in [0.5, 0.6) is 0 Å². The molecule has 1 fully saturated rings. The van der Waals surface area contributed by atoms with Crippen LogP contribution in [0.2, 0.25) is 0 Å². The smallest absolute Gasteiger partial charge is 0.244 e. The molecule has 0 N–H and O–H groups in total. The average Bonchev–Trinajstić information content (AvgIpc) is 3.47. The van der Waals surface area contributed by atoms with Gasteiger partial charge in [0.05, 0.1) is 12.6 Å². The lowest BCUT2D eigenvalue weighted by Gasteiger charge is -2.24. The van der Waals surface area contributed by atoms with Crippen LogP contribution in [0.1, 0.15) is 30.3 Å². The number of carbonyl (C=O) groups is 1. The average molecular weight is 375 g/mol. The number of benzene rings is 1. The van der Waals surface area contributed by atoms with Gasteiger partial charge in [0.25, 0.3) is 0 Å². The van der Waals surface area contributed by atoms with Crippen LogP contribution in [-0.4, -0.2) is 45.6 Å². The summed E-state index contributed by atoms with van der Waals surface area (Å²) in [5.41, 5.74) is 2.97. The van der Waals surface area contributed by atoms with E-state index in [-0.39, 0.29) is 11.9 Å². The Kier molecular flexibility index (Phi) is 4.37. The minimum absolute atomic E-state index is 0.0215. The van der Waals surface area contributed by atoms with Gasteiger partial charge in [-0.2, -0.15) is 4.98 Å². The summed E-state index contributed by atoms with van der Waals surface area (Å²) in [5, 5.41) is 4.08. The molecule has 2 aliphatic heterocycles. The van der Waals surface area contributed by atoms with E-state index in [1.54, 1.807) is 6.20 Å². The Labute approximate surface area is 163 Å². The molecular formula is C21H21N5O2. The normalized spacial score (nSPS) is 19.1. The number of fused-ring (bicyclic) bond motifs is 1. The van der Waals surface area contributed by atoms with Crippen LogP contribution in [0.4, 0.5) is 5.69 Å². The van der Waals surface area contributed by atoms with Crippen molar-refractivity contribution in [3.8, 4) is 11.5 Å². The summed E-state index contributed by atoms with van der Waals surface area (Å²) < 4.78 is 5.53. The zero-order chi connectivity index (χ0) is 18.9. The second kappa shape index (κ2) is 7.16. The number of hydrogen-bond donors (Lipinski definition) is 0. The second-order valence-electron chi connectivity index (χ2n) is 7.22. The van der Waals surface area contributed by atoms with E-state index in [0.717, 1.165) is 38.0 Å². The third-order valence-corrected chi connectivity index (χ3v) is 5.51. The van der Waals surface area contributed by atoms with E-state index in [0.29, 0.717) is 24.0 Å². The van der Waals surface area contributed by atoms with Crippen LogP contribution < -0.4 is 4.90 Å². The minimum Gasteiger partial charge on any atom is -0.337 e. The summed E-state index contributed by atoms with van der Waals surface area (Å²) >= 11 is 0. The van der Waals surface area contributed by atoms with E-state index < -0.39 is 0 Å². The molecule has 0 bridgehead atoms. The van der Waals surface area contributed by atoms with Crippen molar-refractivity contribution in [2.75, 3.05) is 24.5 Å². The summed E-state index contributed by atoms with van der Waals surface area (Å²) in [6, 6.07) is 13.7. The van der Waals surface area contributed by atoms with Gasteiger partial charge in [0.1, 0.15) is 5.69 Å². The number of pyridine rings is 1. The van der Waals surface area contributed by atoms with Gasteiger partial charge < -0.3 is 9.42 Å². The fraction of sp³-hybridized carbons (Fsp3) is 0.333. The summed E-state index contributed by atoms with van der Waals surface area (Å²) in [6.45, 7) is 1.97. The number of para-hydroxylation sites is 1. The fourth-order valence-electron chi connectivity index (χ4n) is 4.12. The van der Waals surface area contributed by atoms with Crippen LogP contribution in [0.15, 0.2) is 53.2 Å². The van der Waals surface area contributed by atoms with Gasteiger partial charge in [-0.25, -0.2) is 0 Å². The molecule has 2 aliphatic rings. The van der Waals surface area contributed by atoms with Gasteiger partial charge >= 0.3 is 0 Å². The summed E-state index contributed by atoms with van der Waals surface area (Å²) in [6.07, 6.45) is 4.55. The first-order valence-corrected chi connectivity index (χ1v) is 9.67. The zero-order valence-electron chi connectivity index (χ0n) is 15.5. The van der Waals surface area contributed by atoms with Crippen LogP contribution >= 0.6 is 0 Å². The molecule has 0 radical (unpaired) electrons. The Morgan fingerprint density at radius 1 is 1.14 bits per heavy atom. The maximum absolute atomic E-state index is 13.0. The molecule has 28 heavy (non-hydrogen) atoms. The maximum Gasteiger partial charge on any atom is 0.244 e. The largest absolute Gasteiger partial charge is 0.337 e. The fourth-order valence-corrected chi connectivity index (χ4v) is 4.12. The Balaban J connectivity index is 1.31. The highest BCUT2D eigenvalue weighted by molar-refractivity contribution is 5.96. The number of carbonyl (C=O) groups excluding carboxylic acids is 1. The standard InChI is InChI=1S/C21H21N5O2/c27-19(26-13-10-15-6-1-2-8-17(15)26)14-25-12-5-9-18(25)21-23-20(24-28-21)16-7-3-4-11-22-16/h1-4,6-8,11,18H,5,9-10,12-14H2. The first-order chi connectivity index (χ1) is 13.8. The van der Waals surface area contributed by atoms with Gasteiger partial charge in [0.2, 0.25) is 17.6 Å². The highest BCUT2D eigenvalue weighted by Crippen LogP contribution is 2.33. The van der Waals surface area contributed by atoms with Crippen molar-refractivity contribution >= 4 is 11.6 Å². The molecule has 7 nitrogen and oxygen atoms in total. The van der Waals surface area contributed by atoms with Crippen molar-refractivity contribution in [3.05, 3.63) is 60.1 Å². The zero-order valence-corrected chi connectivity index (χ0v) is 15.5. The van der Waals surface area contributed by atoms with Gasteiger partial charge in [0, 0.05) is 18.4 Å². The van der Waals surface area contributed by atoms with Gasteiger partial charge in [-0.15, -0.1) is 0 Å². The molecule has 142 valence electrons. The molecule has 2 aromatic heterocycles. The second-order valence-corrected chi connectivity index (χ2v) is 7.22. The lowest BCUT2D eigenvalue weighted by molar-refractivity contribution is -0.120. The molecule has 1 atom stereocenters. The molecule has 1 unspecified atom stereocenters. The topological polar surface area (TPSA) is 75.4 Å². The predicted molar refractivity (Wildman–Crippen MR) is 104 cm³/mol. The molecule has 5 rings (SSSR count). The van der Waals surface area contributed by atoms with Gasteiger partial charge in [-0.1, -0.05) is 29.4 Å². The van der Waals surface area contributed by atoms with Crippen molar-refractivity contribution in [1.29, 1.82) is 0 Å². The van der Waals surface area contributed by atoms with Gasteiger partial charge in [0.15, 0.2) is 0 Å². The number of nitrogens with zero attached hydrogens (tertiary/aromatic N) is 5. The van der Waals surface area contributed by atoms with Crippen molar-refractivity contribution in [2.45, 2.75) is 25.3 Å². The monoisotopic (exact) mass is 375 g/mol. The Morgan fingerprint density at radius 2 is 2.04 bits per heavy atom. The molecule has 0 aliphatic carbocycles. The minimum atomic E-state index is -0.0215. The van der Waals surface area contributed by atoms with Crippen LogP contribution in [-0.2, 0) is 11.2 Å². The van der Waals surface area contributed by atoms with Gasteiger partial charge in [-0.05, 0) is 49.6 Å². The van der Waals surface area contributed by atoms with E-state index in [9.17, 15) is 4.79 Å². The quantitative estimate of drug-likeness (QED) is 0.698.